The Balaban J connectivity index is 1.83. The molecule has 206 valence electrons. The summed E-state index contributed by atoms with van der Waals surface area (Å²) >= 11 is 0. The van der Waals surface area contributed by atoms with Crippen molar-refractivity contribution in [1.82, 2.24) is 4.90 Å². The summed E-state index contributed by atoms with van der Waals surface area (Å²) in [7, 11) is 0. The van der Waals surface area contributed by atoms with Gasteiger partial charge in [-0.15, -0.1) is 0 Å². The zero-order valence-electron chi connectivity index (χ0n) is 24.2. The van der Waals surface area contributed by atoms with Crippen molar-refractivity contribution in [2.24, 2.45) is 0 Å². The maximum absolute atomic E-state index is 13.6. The van der Waals surface area contributed by atoms with Crippen LogP contribution in [0.4, 0.5) is 0 Å². The molecule has 1 N–H and O–H groups in total. The van der Waals surface area contributed by atoms with Gasteiger partial charge in [-0.25, -0.2) is 4.79 Å². The van der Waals surface area contributed by atoms with Crippen molar-refractivity contribution in [2.45, 2.75) is 86.3 Å². The number of carbonyl (C=O) groups is 2. The molecule has 0 radical (unpaired) electrons. The molecule has 1 amide bonds. The number of carboxylic acids is 1. The van der Waals surface area contributed by atoms with Crippen LogP contribution < -0.4 is 4.74 Å². The van der Waals surface area contributed by atoms with E-state index in [4.69, 9.17) is 9.47 Å². The van der Waals surface area contributed by atoms with Gasteiger partial charge in [0.2, 0.25) is 0 Å². The predicted molar refractivity (Wildman–Crippen MR) is 153 cm³/mol. The number of ether oxygens (including phenoxy) is 2. The van der Waals surface area contributed by atoms with E-state index in [-0.39, 0.29) is 12.0 Å². The van der Waals surface area contributed by atoms with Crippen LogP contribution in [0.5, 0.6) is 5.75 Å². The molecule has 0 saturated carbocycles. The minimum absolute atomic E-state index is 0.00723. The molecular formula is C33H39NO5. The normalized spacial score (nSPS) is 13.9. The first kappa shape index (κ1) is 28.4. The second kappa shape index (κ2) is 10.9. The smallest absolute Gasteiger partial charge is 0.337 e. The van der Waals surface area contributed by atoms with E-state index in [0.717, 1.165) is 38.9 Å². The number of amides is 1. The molecule has 0 fully saturated rings. The van der Waals surface area contributed by atoms with Crippen molar-refractivity contribution < 1.29 is 24.2 Å². The molecule has 6 nitrogen and oxygen atoms in total. The Morgan fingerprint density at radius 1 is 0.923 bits per heavy atom. The number of nitrogens with zero attached hydrogens (tertiary/aromatic N) is 1. The van der Waals surface area contributed by atoms with Crippen LogP contribution in [0.3, 0.4) is 0 Å². The summed E-state index contributed by atoms with van der Waals surface area (Å²) in [4.78, 5) is 28.1. The average Bonchev–Trinajstić information content (AvgIpc) is 3.30. The van der Waals surface area contributed by atoms with Crippen molar-refractivity contribution in [3.63, 3.8) is 0 Å². The molecule has 1 unspecified atom stereocenters. The Bertz CT molecular complexity index is 1400. The Hall–Kier alpha value is -3.64. The van der Waals surface area contributed by atoms with Crippen LogP contribution in [0.2, 0.25) is 0 Å². The molecule has 4 rings (SSSR count). The number of aryl methyl sites for hydroxylation is 1. The number of hydrogen-bond acceptors (Lipinski definition) is 4. The Morgan fingerprint density at radius 2 is 1.54 bits per heavy atom. The van der Waals surface area contributed by atoms with E-state index in [0.29, 0.717) is 30.0 Å². The molecule has 1 heterocycles. The second-order valence-electron chi connectivity index (χ2n) is 11.7. The summed E-state index contributed by atoms with van der Waals surface area (Å²) in [6.45, 7) is 16.4. The Labute approximate surface area is 231 Å². The Kier molecular flexibility index (Phi) is 7.89. The molecular weight excluding hydrogens is 490 g/mol. The summed E-state index contributed by atoms with van der Waals surface area (Å²) in [5.41, 5.74) is 7.36. The van der Waals surface area contributed by atoms with Gasteiger partial charge in [0.25, 0.3) is 5.91 Å². The Morgan fingerprint density at radius 3 is 2.10 bits per heavy atom. The van der Waals surface area contributed by atoms with Gasteiger partial charge in [0, 0.05) is 24.2 Å². The summed E-state index contributed by atoms with van der Waals surface area (Å²) < 4.78 is 12.0. The first-order chi connectivity index (χ1) is 18.3. The van der Waals surface area contributed by atoms with Crippen LogP contribution in [0, 0.1) is 20.8 Å². The van der Waals surface area contributed by atoms with Crippen LogP contribution in [0.15, 0.2) is 48.5 Å². The lowest BCUT2D eigenvalue weighted by Crippen LogP contribution is -2.28. The van der Waals surface area contributed by atoms with E-state index >= 15 is 0 Å². The summed E-state index contributed by atoms with van der Waals surface area (Å²) in [6, 6.07) is 15.4. The number of benzene rings is 3. The fourth-order valence-electron chi connectivity index (χ4n) is 5.33. The fourth-order valence-corrected chi connectivity index (χ4v) is 5.33. The van der Waals surface area contributed by atoms with Gasteiger partial charge in [-0.2, -0.15) is 0 Å². The zero-order chi connectivity index (χ0) is 28.6. The summed E-state index contributed by atoms with van der Waals surface area (Å²) in [5.74, 6) is -0.459. The van der Waals surface area contributed by atoms with Gasteiger partial charge >= 0.3 is 5.97 Å². The van der Waals surface area contributed by atoms with E-state index in [1.165, 1.54) is 0 Å². The van der Waals surface area contributed by atoms with E-state index in [9.17, 15) is 14.7 Å². The van der Waals surface area contributed by atoms with E-state index < -0.39 is 17.7 Å². The molecule has 0 saturated heterocycles. The molecule has 0 spiro atoms. The number of aliphatic carboxylic acids is 1. The lowest BCUT2D eigenvalue weighted by molar-refractivity contribution is -0.160. The lowest BCUT2D eigenvalue weighted by atomic mass is 9.83. The maximum atomic E-state index is 13.6. The quantitative estimate of drug-likeness (QED) is 0.351. The second-order valence-corrected chi connectivity index (χ2v) is 11.7. The first-order valence-corrected chi connectivity index (χ1v) is 13.4. The van der Waals surface area contributed by atoms with Gasteiger partial charge in [0.15, 0.2) is 6.10 Å². The van der Waals surface area contributed by atoms with Crippen LogP contribution >= 0.6 is 0 Å². The van der Waals surface area contributed by atoms with Crippen LogP contribution in [0.25, 0.3) is 11.1 Å². The average molecular weight is 530 g/mol. The molecule has 0 aliphatic carbocycles. The zero-order valence-corrected chi connectivity index (χ0v) is 24.2. The standard InChI is InChI=1S/C33H39NO5/c1-19(2)38-25-11-9-10-24(16-25)31(35)34-17-26-21(4)28(23-14-12-20(3)13-15-23)29(22(5)27(26)18-34)30(32(36)37)39-33(6,7)8/h9-16,19,30H,17-18H2,1-8H3,(H,36,37). The van der Waals surface area contributed by atoms with Crippen LogP contribution in [-0.2, 0) is 22.6 Å². The third kappa shape index (κ3) is 6.01. The topological polar surface area (TPSA) is 76.1 Å². The minimum atomic E-state index is -1.15. The van der Waals surface area contributed by atoms with E-state index in [1.54, 1.807) is 12.1 Å². The molecule has 0 aromatic heterocycles. The van der Waals surface area contributed by atoms with Gasteiger partial charge in [0.05, 0.1) is 11.7 Å². The summed E-state index contributed by atoms with van der Waals surface area (Å²) in [6.07, 6.45) is -1.15. The highest BCUT2D eigenvalue weighted by Crippen LogP contribution is 2.44. The number of carbonyl (C=O) groups excluding carboxylic acids is 1. The van der Waals surface area contributed by atoms with Crippen molar-refractivity contribution in [1.29, 1.82) is 0 Å². The molecule has 1 aliphatic rings. The highest BCUT2D eigenvalue weighted by molar-refractivity contribution is 5.95. The molecule has 3 aromatic rings. The molecule has 39 heavy (non-hydrogen) atoms. The molecule has 6 heteroatoms. The van der Waals surface area contributed by atoms with Crippen molar-refractivity contribution in [3.05, 3.63) is 87.5 Å². The fraction of sp³-hybridized carbons (Fsp3) is 0.394. The summed E-state index contributed by atoms with van der Waals surface area (Å²) in [5, 5.41) is 10.3. The van der Waals surface area contributed by atoms with Gasteiger partial charge in [0.1, 0.15) is 5.75 Å². The first-order valence-electron chi connectivity index (χ1n) is 13.4. The number of hydrogen-bond donors (Lipinski definition) is 1. The maximum Gasteiger partial charge on any atom is 0.337 e. The lowest BCUT2D eigenvalue weighted by Gasteiger charge is -2.29. The van der Waals surface area contributed by atoms with Crippen molar-refractivity contribution >= 4 is 11.9 Å². The van der Waals surface area contributed by atoms with Gasteiger partial charge < -0.3 is 19.5 Å². The van der Waals surface area contributed by atoms with Crippen molar-refractivity contribution in [2.75, 3.05) is 0 Å². The molecule has 1 aliphatic heterocycles. The van der Waals surface area contributed by atoms with Gasteiger partial charge in [-0.3, -0.25) is 4.79 Å². The van der Waals surface area contributed by atoms with Crippen molar-refractivity contribution in [3.8, 4) is 16.9 Å². The molecule has 1 atom stereocenters. The SMILES string of the molecule is Cc1ccc(-c2c(C)c3c(c(C)c2C(OC(C)(C)C)C(=O)O)CN(C(=O)c2cccc(OC(C)C)c2)C3)cc1. The number of fused-ring (bicyclic) bond motifs is 1. The monoisotopic (exact) mass is 529 g/mol. The highest BCUT2D eigenvalue weighted by atomic mass is 16.5. The van der Waals surface area contributed by atoms with Crippen LogP contribution in [-0.4, -0.2) is 33.6 Å². The highest BCUT2D eigenvalue weighted by Gasteiger charge is 2.36. The van der Waals surface area contributed by atoms with Crippen LogP contribution in [0.1, 0.15) is 84.5 Å². The largest absolute Gasteiger partial charge is 0.491 e. The molecule has 3 aromatic carbocycles. The molecule has 0 bridgehead atoms. The van der Waals surface area contributed by atoms with Gasteiger partial charge in [-0.05, 0) is 107 Å². The number of rotatable bonds is 7. The minimum Gasteiger partial charge on any atom is -0.491 e. The van der Waals surface area contributed by atoms with E-state index in [1.807, 2.05) is 96.7 Å². The van der Waals surface area contributed by atoms with Gasteiger partial charge in [-0.1, -0.05) is 35.9 Å². The van der Waals surface area contributed by atoms with E-state index in [2.05, 4.69) is 0 Å². The predicted octanol–water partition coefficient (Wildman–Crippen LogP) is 7.16. The third-order valence-electron chi connectivity index (χ3n) is 7.05. The number of carboxylic acid groups (broad SMARTS) is 1. The third-order valence-corrected chi connectivity index (χ3v) is 7.05.